The molecule has 0 aliphatic heterocycles. The fourth-order valence-electron chi connectivity index (χ4n) is 0.525. The van der Waals surface area contributed by atoms with E-state index in [1.807, 2.05) is 0 Å². The summed E-state index contributed by atoms with van der Waals surface area (Å²) in [6.45, 7) is 1.44. The van der Waals surface area contributed by atoms with Crippen molar-refractivity contribution in [1.29, 1.82) is 0 Å². The van der Waals surface area contributed by atoms with Gasteiger partial charge in [-0.25, -0.2) is 0 Å². The summed E-state index contributed by atoms with van der Waals surface area (Å²) in [6, 6.07) is 0. The topological polar surface area (TPSA) is 60.7 Å². The predicted molar refractivity (Wildman–Crippen MR) is 34.0 cm³/mol. The van der Waals surface area contributed by atoms with Crippen LogP contribution < -0.4 is 0 Å². The summed E-state index contributed by atoms with van der Waals surface area (Å²) in [4.78, 5) is 0. The largest absolute Gasteiger partial charge is 0.394 e. The first kappa shape index (κ1) is 8.88. The zero-order valence-electron chi connectivity index (χ0n) is 5.62. The Morgan fingerprint density at radius 1 is 1.22 bits per heavy atom. The summed E-state index contributed by atoms with van der Waals surface area (Å²) in [5, 5.41) is 25.8. The second kappa shape index (κ2) is 4.73. The first-order chi connectivity index (χ1) is 4.16. The van der Waals surface area contributed by atoms with Crippen LogP contribution in [0.25, 0.3) is 0 Å². The third-order valence-electron chi connectivity index (χ3n) is 1.13. The zero-order valence-corrected chi connectivity index (χ0v) is 5.62. The van der Waals surface area contributed by atoms with Crippen LogP contribution in [-0.4, -0.2) is 34.1 Å². The molecule has 0 unspecified atom stereocenters. The SMILES string of the molecule is C[C@H](O)CC[C@@H](O)CO. The molecule has 0 fully saturated rings. The van der Waals surface area contributed by atoms with Crippen molar-refractivity contribution in [3.05, 3.63) is 0 Å². The van der Waals surface area contributed by atoms with Crippen molar-refractivity contribution in [2.75, 3.05) is 6.61 Å². The van der Waals surface area contributed by atoms with E-state index in [4.69, 9.17) is 15.3 Å². The fraction of sp³-hybridized carbons (Fsp3) is 1.00. The quantitative estimate of drug-likeness (QED) is 0.486. The monoisotopic (exact) mass is 134 g/mol. The van der Waals surface area contributed by atoms with Crippen LogP contribution in [0.4, 0.5) is 0 Å². The van der Waals surface area contributed by atoms with E-state index in [9.17, 15) is 0 Å². The molecule has 3 N–H and O–H groups in total. The Bertz CT molecular complexity index is 63.3. The molecule has 0 saturated heterocycles. The minimum atomic E-state index is -0.667. The maximum absolute atomic E-state index is 8.75. The van der Waals surface area contributed by atoms with Gasteiger partial charge in [0.05, 0.1) is 18.8 Å². The van der Waals surface area contributed by atoms with Gasteiger partial charge in [-0.2, -0.15) is 0 Å². The second-order valence-corrected chi connectivity index (χ2v) is 2.26. The van der Waals surface area contributed by atoms with Gasteiger partial charge in [-0.3, -0.25) is 0 Å². The molecule has 9 heavy (non-hydrogen) atoms. The van der Waals surface area contributed by atoms with Gasteiger partial charge in [-0.1, -0.05) is 0 Å². The van der Waals surface area contributed by atoms with Gasteiger partial charge in [0.25, 0.3) is 0 Å². The molecule has 3 nitrogen and oxygen atoms in total. The minimum Gasteiger partial charge on any atom is -0.394 e. The van der Waals surface area contributed by atoms with Crippen LogP contribution >= 0.6 is 0 Å². The van der Waals surface area contributed by atoms with Crippen molar-refractivity contribution in [1.82, 2.24) is 0 Å². The highest BCUT2D eigenvalue weighted by Gasteiger charge is 2.02. The lowest BCUT2D eigenvalue weighted by atomic mass is 10.1. The first-order valence-corrected chi connectivity index (χ1v) is 3.13. The molecule has 0 aliphatic rings. The van der Waals surface area contributed by atoms with Gasteiger partial charge >= 0.3 is 0 Å². The Morgan fingerprint density at radius 2 is 1.78 bits per heavy atom. The lowest BCUT2D eigenvalue weighted by Crippen LogP contribution is -2.14. The molecular weight excluding hydrogens is 120 g/mol. The summed E-state index contributed by atoms with van der Waals surface area (Å²) < 4.78 is 0. The molecule has 0 amide bonds. The summed E-state index contributed by atoms with van der Waals surface area (Å²) in [6.07, 6.45) is -0.0404. The van der Waals surface area contributed by atoms with Crippen LogP contribution in [0.5, 0.6) is 0 Å². The molecule has 0 radical (unpaired) electrons. The Hall–Kier alpha value is -0.120. The van der Waals surface area contributed by atoms with E-state index in [2.05, 4.69) is 0 Å². The molecule has 0 bridgehead atoms. The van der Waals surface area contributed by atoms with Crippen LogP contribution in [0.15, 0.2) is 0 Å². The fourth-order valence-corrected chi connectivity index (χ4v) is 0.525. The molecule has 0 heterocycles. The zero-order chi connectivity index (χ0) is 7.28. The molecule has 0 rings (SSSR count). The molecule has 56 valence electrons. The maximum atomic E-state index is 8.75. The van der Waals surface area contributed by atoms with Gasteiger partial charge < -0.3 is 15.3 Å². The molecule has 0 aliphatic carbocycles. The molecular formula is C6H14O3. The van der Waals surface area contributed by atoms with Crippen molar-refractivity contribution in [3.63, 3.8) is 0 Å². The maximum Gasteiger partial charge on any atom is 0.0771 e. The Kier molecular flexibility index (Phi) is 4.67. The Balaban J connectivity index is 3.06. The molecule has 0 spiro atoms. The van der Waals surface area contributed by atoms with Crippen molar-refractivity contribution >= 4 is 0 Å². The normalized spacial score (nSPS) is 17.3. The number of hydrogen-bond acceptors (Lipinski definition) is 3. The smallest absolute Gasteiger partial charge is 0.0771 e. The van der Waals surface area contributed by atoms with Gasteiger partial charge in [-0.15, -0.1) is 0 Å². The lowest BCUT2D eigenvalue weighted by molar-refractivity contribution is 0.0717. The second-order valence-electron chi connectivity index (χ2n) is 2.26. The van der Waals surface area contributed by atoms with Crippen LogP contribution in [0.2, 0.25) is 0 Å². The molecule has 0 aromatic heterocycles. The van der Waals surface area contributed by atoms with Gasteiger partial charge in [0.1, 0.15) is 0 Å². The van der Waals surface area contributed by atoms with E-state index in [0.29, 0.717) is 12.8 Å². The molecule has 0 saturated carbocycles. The Labute approximate surface area is 54.9 Å². The number of aliphatic hydroxyl groups excluding tert-OH is 3. The standard InChI is InChI=1S/C6H14O3/c1-5(8)2-3-6(9)4-7/h5-9H,2-4H2,1H3/t5-,6+/m0/s1. The van der Waals surface area contributed by atoms with E-state index in [-0.39, 0.29) is 12.7 Å². The highest BCUT2D eigenvalue weighted by atomic mass is 16.3. The minimum absolute atomic E-state index is 0.216. The molecule has 0 aromatic rings. The van der Waals surface area contributed by atoms with E-state index < -0.39 is 6.10 Å². The first-order valence-electron chi connectivity index (χ1n) is 3.13. The Morgan fingerprint density at radius 3 is 2.11 bits per heavy atom. The molecule has 3 heteroatoms. The van der Waals surface area contributed by atoms with Crippen molar-refractivity contribution in [2.24, 2.45) is 0 Å². The van der Waals surface area contributed by atoms with Crippen molar-refractivity contribution in [2.45, 2.75) is 32.0 Å². The number of rotatable bonds is 4. The summed E-state index contributed by atoms with van der Waals surface area (Å²) >= 11 is 0. The number of aliphatic hydroxyl groups is 3. The van der Waals surface area contributed by atoms with E-state index in [0.717, 1.165) is 0 Å². The van der Waals surface area contributed by atoms with Gasteiger partial charge in [-0.05, 0) is 19.8 Å². The van der Waals surface area contributed by atoms with Crippen LogP contribution in [-0.2, 0) is 0 Å². The van der Waals surface area contributed by atoms with Crippen LogP contribution in [0, 0.1) is 0 Å². The molecule has 2 atom stereocenters. The van der Waals surface area contributed by atoms with E-state index in [1.165, 1.54) is 0 Å². The third-order valence-corrected chi connectivity index (χ3v) is 1.13. The summed E-state index contributed by atoms with van der Waals surface area (Å²) in [5.74, 6) is 0. The summed E-state index contributed by atoms with van der Waals surface area (Å²) in [7, 11) is 0. The predicted octanol–water partition coefficient (Wildman–Crippen LogP) is -0.499. The average Bonchev–Trinajstić information content (AvgIpc) is 1.83. The highest BCUT2D eigenvalue weighted by molar-refractivity contribution is 4.55. The van der Waals surface area contributed by atoms with Gasteiger partial charge in [0.2, 0.25) is 0 Å². The van der Waals surface area contributed by atoms with Crippen LogP contribution in [0.1, 0.15) is 19.8 Å². The van der Waals surface area contributed by atoms with Crippen LogP contribution in [0.3, 0.4) is 0 Å². The lowest BCUT2D eigenvalue weighted by Gasteiger charge is -2.07. The van der Waals surface area contributed by atoms with Crippen molar-refractivity contribution in [3.8, 4) is 0 Å². The molecule has 0 aromatic carbocycles. The summed E-state index contributed by atoms with van der Waals surface area (Å²) in [5.41, 5.74) is 0. The van der Waals surface area contributed by atoms with E-state index >= 15 is 0 Å². The average molecular weight is 134 g/mol. The van der Waals surface area contributed by atoms with E-state index in [1.54, 1.807) is 6.92 Å². The van der Waals surface area contributed by atoms with Gasteiger partial charge in [0.15, 0.2) is 0 Å². The number of hydrogen-bond donors (Lipinski definition) is 3. The highest BCUT2D eigenvalue weighted by Crippen LogP contribution is 1.99. The van der Waals surface area contributed by atoms with Crippen molar-refractivity contribution < 1.29 is 15.3 Å². The van der Waals surface area contributed by atoms with Gasteiger partial charge in [0, 0.05) is 0 Å². The third kappa shape index (κ3) is 5.76.